The molecule has 0 radical (unpaired) electrons. The number of fused-ring (bicyclic) bond motifs is 3. The summed E-state index contributed by atoms with van der Waals surface area (Å²) in [5.41, 5.74) is 2.45. The van der Waals surface area contributed by atoms with Gasteiger partial charge in [-0.25, -0.2) is 0 Å². The Balaban J connectivity index is 1.69. The Morgan fingerprint density at radius 1 is 1.29 bits per heavy atom. The first-order valence-corrected chi connectivity index (χ1v) is 8.03. The van der Waals surface area contributed by atoms with Crippen LogP contribution < -0.4 is 0 Å². The molecule has 4 heteroatoms. The standard InChI is InChI=1S/C17H24FNO2/c18-8-2-1-3-9-19-10-11-21-17-15-12-14(20)6-4-13(15)5-7-16(17)19/h4,6,12,16-17,20H,1-3,5,7-11H2. The summed E-state index contributed by atoms with van der Waals surface area (Å²) in [6.45, 7) is 2.52. The highest BCUT2D eigenvalue weighted by Gasteiger charge is 2.37. The Hall–Kier alpha value is -1.13. The van der Waals surface area contributed by atoms with Crippen LogP contribution in [0.15, 0.2) is 18.2 Å². The van der Waals surface area contributed by atoms with Crippen molar-refractivity contribution in [2.24, 2.45) is 0 Å². The predicted molar refractivity (Wildman–Crippen MR) is 80.3 cm³/mol. The van der Waals surface area contributed by atoms with Gasteiger partial charge in [0.25, 0.3) is 0 Å². The minimum absolute atomic E-state index is 0.0794. The number of phenols is 1. The molecule has 21 heavy (non-hydrogen) atoms. The third kappa shape index (κ3) is 3.22. The van der Waals surface area contributed by atoms with E-state index in [0.717, 1.165) is 50.9 Å². The molecule has 1 fully saturated rings. The molecule has 0 spiro atoms. The first kappa shape index (κ1) is 14.8. The number of alkyl halides is 1. The Morgan fingerprint density at radius 3 is 3.05 bits per heavy atom. The fraction of sp³-hybridized carbons (Fsp3) is 0.647. The molecule has 2 aliphatic rings. The highest BCUT2D eigenvalue weighted by atomic mass is 19.1. The molecule has 0 bridgehead atoms. The zero-order valence-electron chi connectivity index (χ0n) is 12.4. The van der Waals surface area contributed by atoms with Gasteiger partial charge in [0.15, 0.2) is 0 Å². The fourth-order valence-electron chi connectivity index (χ4n) is 3.64. The van der Waals surface area contributed by atoms with Crippen molar-refractivity contribution in [3.63, 3.8) is 0 Å². The van der Waals surface area contributed by atoms with Crippen LogP contribution in [0.5, 0.6) is 5.75 Å². The lowest BCUT2D eigenvalue weighted by atomic mass is 9.84. The molecule has 1 N–H and O–H groups in total. The van der Waals surface area contributed by atoms with Gasteiger partial charge in [-0.05, 0) is 61.9 Å². The van der Waals surface area contributed by atoms with E-state index in [-0.39, 0.29) is 12.8 Å². The average Bonchev–Trinajstić information content (AvgIpc) is 2.51. The van der Waals surface area contributed by atoms with E-state index in [0.29, 0.717) is 18.2 Å². The van der Waals surface area contributed by atoms with Crippen LogP contribution in [-0.2, 0) is 11.2 Å². The van der Waals surface area contributed by atoms with Crippen LogP contribution in [0.2, 0.25) is 0 Å². The van der Waals surface area contributed by atoms with Gasteiger partial charge in [0.05, 0.1) is 19.4 Å². The van der Waals surface area contributed by atoms with E-state index in [1.54, 1.807) is 6.07 Å². The highest BCUT2D eigenvalue weighted by Crippen LogP contribution is 2.39. The largest absolute Gasteiger partial charge is 0.508 e. The Labute approximate surface area is 125 Å². The monoisotopic (exact) mass is 293 g/mol. The summed E-state index contributed by atoms with van der Waals surface area (Å²) < 4.78 is 18.2. The van der Waals surface area contributed by atoms with Crippen LogP contribution in [0.25, 0.3) is 0 Å². The lowest BCUT2D eigenvalue weighted by Crippen LogP contribution is -2.49. The molecule has 3 nitrogen and oxygen atoms in total. The summed E-state index contributed by atoms with van der Waals surface area (Å²) >= 11 is 0. The van der Waals surface area contributed by atoms with Gasteiger partial charge in [-0.2, -0.15) is 0 Å². The fourth-order valence-corrected chi connectivity index (χ4v) is 3.64. The smallest absolute Gasteiger partial charge is 0.115 e. The molecule has 3 rings (SSSR count). The van der Waals surface area contributed by atoms with Crippen LogP contribution >= 0.6 is 0 Å². The summed E-state index contributed by atoms with van der Waals surface area (Å²) in [5, 5.41) is 9.74. The van der Waals surface area contributed by atoms with Gasteiger partial charge >= 0.3 is 0 Å². The van der Waals surface area contributed by atoms with Gasteiger partial charge in [0, 0.05) is 12.6 Å². The molecule has 1 aliphatic heterocycles. The van der Waals surface area contributed by atoms with E-state index in [9.17, 15) is 9.50 Å². The number of ether oxygens (including phenoxy) is 1. The Morgan fingerprint density at radius 2 is 2.19 bits per heavy atom. The highest BCUT2D eigenvalue weighted by molar-refractivity contribution is 5.39. The molecule has 1 saturated heterocycles. The topological polar surface area (TPSA) is 32.7 Å². The summed E-state index contributed by atoms with van der Waals surface area (Å²) in [6, 6.07) is 6.04. The molecule has 1 heterocycles. The predicted octanol–water partition coefficient (Wildman–Crippen LogP) is 3.22. The molecule has 1 aromatic rings. The summed E-state index contributed by atoms with van der Waals surface area (Å²) in [6.07, 6.45) is 4.92. The van der Waals surface area contributed by atoms with Crippen molar-refractivity contribution in [2.75, 3.05) is 26.4 Å². The molecular weight excluding hydrogens is 269 g/mol. The van der Waals surface area contributed by atoms with Crippen molar-refractivity contribution < 1.29 is 14.2 Å². The second kappa shape index (κ2) is 6.75. The second-order valence-electron chi connectivity index (χ2n) is 6.07. The first-order valence-electron chi connectivity index (χ1n) is 8.03. The number of aryl methyl sites for hydroxylation is 1. The van der Waals surface area contributed by atoms with Gasteiger partial charge in [-0.1, -0.05) is 6.07 Å². The number of morpholine rings is 1. The number of rotatable bonds is 5. The zero-order valence-corrected chi connectivity index (χ0v) is 12.4. The van der Waals surface area contributed by atoms with Gasteiger partial charge in [0.1, 0.15) is 5.75 Å². The molecule has 1 aromatic carbocycles. The lowest BCUT2D eigenvalue weighted by molar-refractivity contribution is -0.0806. The van der Waals surface area contributed by atoms with E-state index in [2.05, 4.69) is 4.90 Å². The SMILES string of the molecule is Oc1ccc2c(c1)C1OCCN(CCCCCF)C1CC2. The maximum Gasteiger partial charge on any atom is 0.115 e. The number of halogens is 1. The minimum atomic E-state index is -0.207. The maximum absolute atomic E-state index is 12.2. The van der Waals surface area contributed by atoms with Crippen molar-refractivity contribution in [2.45, 2.75) is 44.2 Å². The Kier molecular flexibility index (Phi) is 4.76. The van der Waals surface area contributed by atoms with Gasteiger partial charge < -0.3 is 9.84 Å². The number of nitrogens with zero attached hydrogens (tertiary/aromatic N) is 1. The number of aromatic hydroxyl groups is 1. The molecular formula is C17H24FNO2. The van der Waals surface area contributed by atoms with Crippen LogP contribution in [-0.4, -0.2) is 42.4 Å². The number of hydrogen-bond donors (Lipinski definition) is 1. The number of unbranched alkanes of at least 4 members (excludes halogenated alkanes) is 2. The van der Waals surface area contributed by atoms with E-state index in [1.807, 2.05) is 12.1 Å². The van der Waals surface area contributed by atoms with Crippen molar-refractivity contribution in [1.82, 2.24) is 4.90 Å². The van der Waals surface area contributed by atoms with E-state index < -0.39 is 0 Å². The molecule has 0 amide bonds. The third-order valence-corrected chi connectivity index (χ3v) is 4.72. The Bertz CT molecular complexity index is 480. The maximum atomic E-state index is 12.2. The molecule has 0 saturated carbocycles. The molecule has 116 valence electrons. The van der Waals surface area contributed by atoms with E-state index >= 15 is 0 Å². The van der Waals surface area contributed by atoms with Crippen molar-refractivity contribution in [3.05, 3.63) is 29.3 Å². The van der Waals surface area contributed by atoms with Crippen molar-refractivity contribution in [1.29, 1.82) is 0 Å². The van der Waals surface area contributed by atoms with Crippen LogP contribution in [0, 0.1) is 0 Å². The van der Waals surface area contributed by atoms with E-state index in [4.69, 9.17) is 4.74 Å². The number of benzene rings is 1. The lowest BCUT2D eigenvalue weighted by Gasteiger charge is -2.44. The normalized spacial score (nSPS) is 25.4. The zero-order chi connectivity index (χ0) is 14.7. The molecule has 0 aromatic heterocycles. The third-order valence-electron chi connectivity index (χ3n) is 4.72. The van der Waals surface area contributed by atoms with Gasteiger partial charge in [0.2, 0.25) is 0 Å². The summed E-state index contributed by atoms with van der Waals surface area (Å²) in [7, 11) is 0. The summed E-state index contributed by atoms with van der Waals surface area (Å²) in [5.74, 6) is 0.318. The first-order chi connectivity index (χ1) is 10.3. The van der Waals surface area contributed by atoms with Crippen LogP contribution in [0.1, 0.15) is 42.9 Å². The second-order valence-corrected chi connectivity index (χ2v) is 6.07. The molecule has 2 unspecified atom stereocenters. The number of hydrogen-bond acceptors (Lipinski definition) is 3. The quantitative estimate of drug-likeness (QED) is 0.846. The molecule has 1 aliphatic carbocycles. The average molecular weight is 293 g/mol. The van der Waals surface area contributed by atoms with Crippen molar-refractivity contribution in [3.8, 4) is 5.75 Å². The molecule has 2 atom stereocenters. The minimum Gasteiger partial charge on any atom is -0.508 e. The van der Waals surface area contributed by atoms with Crippen LogP contribution in [0.4, 0.5) is 4.39 Å². The van der Waals surface area contributed by atoms with E-state index in [1.165, 1.54) is 5.56 Å². The van der Waals surface area contributed by atoms with Gasteiger partial charge in [-0.3, -0.25) is 9.29 Å². The number of phenolic OH excluding ortho intramolecular Hbond substituents is 1. The van der Waals surface area contributed by atoms with Crippen LogP contribution in [0.3, 0.4) is 0 Å². The van der Waals surface area contributed by atoms with Crippen molar-refractivity contribution >= 4 is 0 Å². The van der Waals surface area contributed by atoms with Gasteiger partial charge in [-0.15, -0.1) is 0 Å². The summed E-state index contributed by atoms with van der Waals surface area (Å²) in [4.78, 5) is 2.50.